The molecule has 0 amide bonds. The summed E-state index contributed by atoms with van der Waals surface area (Å²) in [5.41, 5.74) is 1.14. The number of hydrogen-bond acceptors (Lipinski definition) is 3. The number of nitrogens with zero attached hydrogens (tertiary/aromatic N) is 3. The lowest BCUT2D eigenvalue weighted by atomic mass is 9.93. The molecule has 2 rings (SSSR count). The van der Waals surface area contributed by atoms with Gasteiger partial charge in [-0.15, -0.1) is 5.10 Å². The Morgan fingerprint density at radius 3 is 2.94 bits per heavy atom. The molecule has 1 aliphatic rings. The molecule has 0 bridgehead atoms. The minimum absolute atomic E-state index is 0.698. The fourth-order valence-electron chi connectivity index (χ4n) is 2.69. The highest BCUT2D eigenvalue weighted by molar-refractivity contribution is 4.95. The van der Waals surface area contributed by atoms with Gasteiger partial charge in [-0.25, -0.2) is 0 Å². The summed E-state index contributed by atoms with van der Waals surface area (Å²) in [4.78, 5) is 0. The van der Waals surface area contributed by atoms with Crippen molar-refractivity contribution in [3.63, 3.8) is 0 Å². The molecule has 0 aliphatic heterocycles. The molecule has 2 unspecified atom stereocenters. The van der Waals surface area contributed by atoms with Gasteiger partial charge in [0.1, 0.15) is 0 Å². The van der Waals surface area contributed by atoms with Crippen LogP contribution in [0.2, 0.25) is 0 Å². The molecule has 1 saturated carbocycles. The van der Waals surface area contributed by atoms with Gasteiger partial charge in [0.15, 0.2) is 0 Å². The van der Waals surface area contributed by atoms with E-state index in [0.717, 1.165) is 18.0 Å². The Morgan fingerprint density at radius 2 is 2.25 bits per heavy atom. The summed E-state index contributed by atoms with van der Waals surface area (Å²) in [5.74, 6) is 0.775. The van der Waals surface area contributed by atoms with Crippen molar-refractivity contribution in [1.29, 1.82) is 0 Å². The first-order valence-corrected chi connectivity index (χ1v) is 6.30. The van der Waals surface area contributed by atoms with Crippen LogP contribution in [0.1, 0.15) is 37.8 Å². The molecule has 0 saturated heterocycles. The van der Waals surface area contributed by atoms with Crippen LogP contribution < -0.4 is 5.32 Å². The minimum atomic E-state index is 0.698. The van der Waals surface area contributed by atoms with E-state index in [2.05, 4.69) is 22.7 Å². The molecule has 0 spiro atoms. The number of hydrogen-bond donors (Lipinski definition) is 1. The molecule has 1 N–H and O–H groups in total. The van der Waals surface area contributed by atoms with Crippen molar-refractivity contribution >= 4 is 0 Å². The smallest absolute Gasteiger partial charge is 0.0829 e. The summed E-state index contributed by atoms with van der Waals surface area (Å²) in [5, 5.41) is 11.6. The van der Waals surface area contributed by atoms with Gasteiger partial charge >= 0.3 is 0 Å². The highest BCUT2D eigenvalue weighted by Gasteiger charge is 2.20. The number of aryl methyl sites for hydroxylation is 1. The molecule has 1 aliphatic carbocycles. The molecule has 16 heavy (non-hydrogen) atoms. The fourth-order valence-corrected chi connectivity index (χ4v) is 2.69. The second-order valence-electron chi connectivity index (χ2n) is 4.96. The van der Waals surface area contributed by atoms with E-state index >= 15 is 0 Å². The van der Waals surface area contributed by atoms with Gasteiger partial charge in [0.25, 0.3) is 0 Å². The van der Waals surface area contributed by atoms with Crippen LogP contribution in [0.25, 0.3) is 0 Å². The molecule has 1 fully saturated rings. The van der Waals surface area contributed by atoms with E-state index in [9.17, 15) is 0 Å². The number of aromatic nitrogens is 3. The van der Waals surface area contributed by atoms with E-state index in [1.807, 2.05) is 13.2 Å². The fraction of sp³-hybridized carbons (Fsp3) is 0.833. The van der Waals surface area contributed by atoms with E-state index in [0.29, 0.717) is 6.04 Å². The van der Waals surface area contributed by atoms with Crippen molar-refractivity contribution in [3.05, 3.63) is 11.9 Å². The van der Waals surface area contributed by atoms with Gasteiger partial charge in [-0.2, -0.15) is 0 Å². The maximum absolute atomic E-state index is 4.18. The zero-order chi connectivity index (χ0) is 11.4. The molecule has 1 heterocycles. The molecule has 1 aromatic heterocycles. The van der Waals surface area contributed by atoms with Crippen LogP contribution in [0.15, 0.2) is 6.20 Å². The number of nitrogens with one attached hydrogen (secondary N) is 1. The van der Waals surface area contributed by atoms with Crippen LogP contribution in [0.3, 0.4) is 0 Å². The lowest BCUT2D eigenvalue weighted by Crippen LogP contribution is -2.26. The minimum Gasteiger partial charge on any atom is -0.317 e. The zero-order valence-electron chi connectivity index (χ0n) is 10.3. The van der Waals surface area contributed by atoms with Crippen molar-refractivity contribution in [3.8, 4) is 0 Å². The first-order valence-electron chi connectivity index (χ1n) is 6.30. The van der Waals surface area contributed by atoms with Gasteiger partial charge in [-0.1, -0.05) is 24.5 Å². The maximum Gasteiger partial charge on any atom is 0.0829 e. The molecule has 4 heteroatoms. The van der Waals surface area contributed by atoms with E-state index in [1.165, 1.54) is 32.1 Å². The lowest BCUT2D eigenvalue weighted by Gasteiger charge is -2.18. The molecule has 1 aromatic rings. The topological polar surface area (TPSA) is 42.7 Å². The van der Waals surface area contributed by atoms with Gasteiger partial charge in [-0.05, 0) is 32.2 Å². The molecule has 0 radical (unpaired) electrons. The van der Waals surface area contributed by atoms with Crippen LogP contribution in [-0.4, -0.2) is 28.1 Å². The largest absolute Gasteiger partial charge is 0.317 e. The second kappa shape index (κ2) is 5.43. The van der Waals surface area contributed by atoms with E-state index < -0.39 is 0 Å². The highest BCUT2D eigenvalue weighted by Crippen LogP contribution is 2.25. The predicted molar refractivity (Wildman–Crippen MR) is 64.1 cm³/mol. The van der Waals surface area contributed by atoms with Gasteiger partial charge in [0, 0.05) is 19.3 Å². The van der Waals surface area contributed by atoms with Crippen molar-refractivity contribution in [2.24, 2.45) is 13.0 Å². The third-order valence-electron chi connectivity index (χ3n) is 3.59. The molecule has 4 nitrogen and oxygen atoms in total. The quantitative estimate of drug-likeness (QED) is 0.789. The van der Waals surface area contributed by atoms with Gasteiger partial charge in [0.2, 0.25) is 0 Å². The Morgan fingerprint density at radius 1 is 1.44 bits per heavy atom. The average Bonchev–Trinajstić information content (AvgIpc) is 2.55. The molecule has 0 aromatic carbocycles. The molecular formula is C12H22N4. The summed E-state index contributed by atoms with van der Waals surface area (Å²) >= 11 is 0. The Balaban J connectivity index is 1.92. The zero-order valence-corrected chi connectivity index (χ0v) is 10.3. The molecule has 90 valence electrons. The Labute approximate surface area is 97.4 Å². The monoisotopic (exact) mass is 222 g/mol. The maximum atomic E-state index is 4.18. The van der Waals surface area contributed by atoms with Crippen LogP contribution in [-0.2, 0) is 13.5 Å². The predicted octanol–water partition coefficient (Wildman–Crippen LogP) is 1.53. The van der Waals surface area contributed by atoms with Crippen molar-refractivity contribution in [2.75, 3.05) is 7.05 Å². The van der Waals surface area contributed by atoms with E-state index in [-0.39, 0.29) is 0 Å². The highest BCUT2D eigenvalue weighted by atomic mass is 15.4. The summed E-state index contributed by atoms with van der Waals surface area (Å²) in [6.07, 6.45) is 9.81. The van der Waals surface area contributed by atoms with Crippen LogP contribution >= 0.6 is 0 Å². The average molecular weight is 222 g/mol. The van der Waals surface area contributed by atoms with Crippen molar-refractivity contribution < 1.29 is 0 Å². The first kappa shape index (κ1) is 11.6. The second-order valence-corrected chi connectivity index (χ2v) is 4.96. The normalized spacial score (nSPS) is 26.6. The lowest BCUT2D eigenvalue weighted by molar-refractivity contribution is 0.397. The molecule has 2 atom stereocenters. The standard InChI is InChI=1S/C12H22N4/c1-13-11-6-4-3-5-10(7-11)8-12-9-16(2)15-14-12/h9-11,13H,3-8H2,1-2H3. The van der Waals surface area contributed by atoms with Crippen LogP contribution in [0.5, 0.6) is 0 Å². The summed E-state index contributed by atoms with van der Waals surface area (Å²) < 4.78 is 1.79. The first-order chi connectivity index (χ1) is 7.78. The van der Waals surface area contributed by atoms with E-state index in [4.69, 9.17) is 0 Å². The Bertz CT molecular complexity index is 321. The van der Waals surface area contributed by atoms with Crippen molar-refractivity contribution in [2.45, 2.75) is 44.6 Å². The van der Waals surface area contributed by atoms with Crippen LogP contribution in [0.4, 0.5) is 0 Å². The van der Waals surface area contributed by atoms with Gasteiger partial charge in [-0.3, -0.25) is 4.68 Å². The third-order valence-corrected chi connectivity index (χ3v) is 3.59. The van der Waals surface area contributed by atoms with Gasteiger partial charge in [0.05, 0.1) is 5.69 Å². The van der Waals surface area contributed by atoms with Gasteiger partial charge < -0.3 is 5.32 Å². The summed E-state index contributed by atoms with van der Waals surface area (Å²) in [6.45, 7) is 0. The Hall–Kier alpha value is -0.900. The van der Waals surface area contributed by atoms with Crippen molar-refractivity contribution in [1.82, 2.24) is 20.3 Å². The molecular weight excluding hydrogens is 200 g/mol. The summed E-state index contributed by atoms with van der Waals surface area (Å²) in [7, 11) is 4.01. The Kier molecular flexibility index (Phi) is 3.93. The third kappa shape index (κ3) is 3.04. The van der Waals surface area contributed by atoms with E-state index in [1.54, 1.807) is 4.68 Å². The van der Waals surface area contributed by atoms with Crippen LogP contribution in [0, 0.1) is 5.92 Å². The SMILES string of the molecule is CNC1CCCCC(Cc2cn(C)nn2)C1. The number of rotatable bonds is 3. The summed E-state index contributed by atoms with van der Waals surface area (Å²) in [6, 6.07) is 0.698.